The van der Waals surface area contributed by atoms with E-state index in [0.717, 1.165) is 21.0 Å². The third kappa shape index (κ3) is 9.35. The summed E-state index contributed by atoms with van der Waals surface area (Å²) in [5, 5.41) is 8.76. The molecule has 0 aliphatic heterocycles. The van der Waals surface area contributed by atoms with Crippen LogP contribution in [0.2, 0.25) is 0 Å². The number of anilines is 2. The first-order chi connectivity index (χ1) is 24.7. The molecule has 0 bridgehead atoms. The molecule has 1 heterocycles. The van der Waals surface area contributed by atoms with Gasteiger partial charge in [0.25, 0.3) is 11.8 Å². The van der Waals surface area contributed by atoms with Gasteiger partial charge >= 0.3 is 0 Å². The van der Waals surface area contributed by atoms with Crippen molar-refractivity contribution >= 4 is 57.7 Å². The van der Waals surface area contributed by atoms with Gasteiger partial charge in [0.2, 0.25) is 11.7 Å². The molecule has 12 heteroatoms. The Kier molecular flexibility index (Phi) is 12.5. The summed E-state index contributed by atoms with van der Waals surface area (Å²) >= 11 is 2.82. The SMILES string of the molecule is CCC(Sc1cccc(NC(=O)/C(=C\c2cc(OC)c(OC)c(OC)c2)NC(=O)c2ccccc2)c1)C(=O)Nc1nc(-c2ccccc2)c(C)s1. The van der Waals surface area contributed by atoms with Gasteiger partial charge in [-0.2, -0.15) is 0 Å². The molecule has 0 spiro atoms. The number of aromatic nitrogens is 1. The molecule has 4 aromatic carbocycles. The second-order valence-electron chi connectivity index (χ2n) is 11.1. The highest BCUT2D eigenvalue weighted by atomic mass is 32.2. The number of methoxy groups -OCH3 is 3. The predicted octanol–water partition coefficient (Wildman–Crippen LogP) is 8.06. The molecule has 0 fully saturated rings. The highest BCUT2D eigenvalue weighted by molar-refractivity contribution is 8.00. The van der Waals surface area contributed by atoms with Gasteiger partial charge in [-0.15, -0.1) is 23.1 Å². The van der Waals surface area contributed by atoms with Crippen LogP contribution in [0.1, 0.15) is 34.1 Å². The quantitative estimate of drug-likeness (QED) is 0.0776. The van der Waals surface area contributed by atoms with Gasteiger partial charge in [0.05, 0.1) is 32.3 Å². The summed E-state index contributed by atoms with van der Waals surface area (Å²) in [5.74, 6) is -0.0190. The monoisotopic (exact) mass is 722 g/mol. The second kappa shape index (κ2) is 17.4. The predicted molar refractivity (Wildman–Crippen MR) is 204 cm³/mol. The van der Waals surface area contributed by atoms with E-state index in [1.165, 1.54) is 50.5 Å². The van der Waals surface area contributed by atoms with E-state index in [9.17, 15) is 14.4 Å². The first-order valence-electron chi connectivity index (χ1n) is 16.0. The van der Waals surface area contributed by atoms with Crippen LogP contribution in [0.15, 0.2) is 108 Å². The van der Waals surface area contributed by atoms with E-state index >= 15 is 0 Å². The molecule has 1 unspecified atom stereocenters. The molecule has 51 heavy (non-hydrogen) atoms. The number of aryl methyl sites for hydroxylation is 1. The lowest BCUT2D eigenvalue weighted by Gasteiger charge is -2.16. The van der Waals surface area contributed by atoms with Gasteiger partial charge < -0.3 is 30.2 Å². The van der Waals surface area contributed by atoms with E-state index in [0.29, 0.717) is 45.6 Å². The molecule has 0 aliphatic rings. The van der Waals surface area contributed by atoms with E-state index < -0.39 is 17.1 Å². The fraction of sp³-hybridized carbons (Fsp3) is 0.179. The molecule has 0 saturated carbocycles. The minimum atomic E-state index is -0.562. The molecule has 5 rings (SSSR count). The number of nitrogens with zero attached hydrogens (tertiary/aromatic N) is 1. The van der Waals surface area contributed by atoms with E-state index in [2.05, 4.69) is 20.9 Å². The van der Waals surface area contributed by atoms with E-state index in [1.54, 1.807) is 60.7 Å². The number of nitrogens with one attached hydrogen (secondary N) is 3. The van der Waals surface area contributed by atoms with Crippen LogP contribution >= 0.6 is 23.1 Å². The summed E-state index contributed by atoms with van der Waals surface area (Å²) in [5.41, 5.74) is 3.21. The number of thiazole rings is 1. The van der Waals surface area contributed by atoms with Crippen molar-refractivity contribution in [2.24, 2.45) is 0 Å². The molecule has 10 nitrogen and oxygen atoms in total. The minimum Gasteiger partial charge on any atom is -0.493 e. The maximum Gasteiger partial charge on any atom is 0.272 e. The third-order valence-electron chi connectivity index (χ3n) is 7.63. The van der Waals surface area contributed by atoms with E-state index in [1.807, 2.05) is 50.2 Å². The largest absolute Gasteiger partial charge is 0.493 e. The number of rotatable bonds is 14. The Morgan fingerprint density at radius 1 is 0.843 bits per heavy atom. The van der Waals surface area contributed by atoms with Crippen LogP contribution in [-0.2, 0) is 9.59 Å². The molecule has 0 radical (unpaired) electrons. The van der Waals surface area contributed by atoms with E-state index in [4.69, 9.17) is 14.2 Å². The van der Waals surface area contributed by atoms with E-state index in [-0.39, 0.29) is 11.6 Å². The van der Waals surface area contributed by atoms with Crippen molar-refractivity contribution in [1.82, 2.24) is 10.3 Å². The van der Waals surface area contributed by atoms with Crippen molar-refractivity contribution in [3.8, 4) is 28.5 Å². The Bertz CT molecular complexity index is 2010. The molecule has 0 aliphatic carbocycles. The van der Waals surface area contributed by atoms with Crippen molar-refractivity contribution in [2.75, 3.05) is 32.0 Å². The van der Waals surface area contributed by atoms with Gasteiger partial charge in [0, 0.05) is 26.6 Å². The zero-order valence-electron chi connectivity index (χ0n) is 28.8. The van der Waals surface area contributed by atoms with Gasteiger partial charge in [-0.05, 0) is 67.4 Å². The second-order valence-corrected chi connectivity index (χ2v) is 13.6. The average Bonchev–Trinajstić information content (AvgIpc) is 3.52. The molecular weight excluding hydrogens is 685 g/mol. The molecule has 262 valence electrons. The van der Waals surface area contributed by atoms with Gasteiger partial charge in [0.1, 0.15) is 5.70 Å². The normalized spacial score (nSPS) is 11.7. The van der Waals surface area contributed by atoms with Gasteiger partial charge in [-0.25, -0.2) is 4.98 Å². The maximum atomic E-state index is 13.8. The zero-order chi connectivity index (χ0) is 36.3. The first-order valence-corrected chi connectivity index (χ1v) is 17.7. The number of hydrogen-bond donors (Lipinski definition) is 3. The number of benzene rings is 4. The van der Waals surface area contributed by atoms with Crippen molar-refractivity contribution in [3.05, 3.63) is 119 Å². The van der Waals surface area contributed by atoms with Crippen LogP contribution in [0.3, 0.4) is 0 Å². The molecule has 1 aromatic heterocycles. The fourth-order valence-corrected chi connectivity index (χ4v) is 6.98. The van der Waals surface area contributed by atoms with Crippen LogP contribution in [0, 0.1) is 6.92 Å². The summed E-state index contributed by atoms with van der Waals surface area (Å²) in [6.07, 6.45) is 2.09. The summed E-state index contributed by atoms with van der Waals surface area (Å²) in [6, 6.07) is 29.0. The van der Waals surface area contributed by atoms with Gasteiger partial charge in [-0.1, -0.05) is 61.5 Å². The van der Waals surface area contributed by atoms with Crippen LogP contribution in [0.4, 0.5) is 10.8 Å². The number of carbonyl (C=O) groups excluding carboxylic acids is 3. The highest BCUT2D eigenvalue weighted by Crippen LogP contribution is 2.39. The maximum absolute atomic E-state index is 13.8. The summed E-state index contributed by atoms with van der Waals surface area (Å²) in [7, 11) is 4.49. The topological polar surface area (TPSA) is 128 Å². The lowest BCUT2D eigenvalue weighted by Crippen LogP contribution is -2.30. The van der Waals surface area contributed by atoms with Crippen LogP contribution in [0.5, 0.6) is 17.2 Å². The average molecular weight is 723 g/mol. The van der Waals surface area contributed by atoms with Gasteiger partial charge in [-0.3, -0.25) is 14.4 Å². The summed E-state index contributed by atoms with van der Waals surface area (Å²) in [4.78, 5) is 46.8. The van der Waals surface area contributed by atoms with Crippen molar-refractivity contribution in [3.63, 3.8) is 0 Å². The van der Waals surface area contributed by atoms with Gasteiger partial charge in [0.15, 0.2) is 16.6 Å². The standard InChI is InChI=1S/C39H38N4O6S2/c1-6-33(38(46)43-39-42-34(24(2)50-39)26-14-9-7-10-15-26)51-29-19-13-18-28(23-29)40-37(45)30(41-36(44)27-16-11-8-12-17-27)20-25-21-31(47-3)35(49-5)32(22-25)48-4/h7-23,33H,6H2,1-5H3,(H,40,45)(H,41,44)(H,42,43,46)/b30-20+. The molecule has 1 atom stereocenters. The zero-order valence-corrected chi connectivity index (χ0v) is 30.4. The molecular formula is C39H38N4O6S2. The number of ether oxygens (including phenoxy) is 3. The lowest BCUT2D eigenvalue weighted by atomic mass is 10.1. The van der Waals surface area contributed by atoms with Crippen molar-refractivity contribution < 1.29 is 28.6 Å². The lowest BCUT2D eigenvalue weighted by molar-refractivity contribution is -0.116. The third-order valence-corrected chi connectivity index (χ3v) is 9.88. The fourth-order valence-electron chi connectivity index (χ4n) is 5.13. The molecule has 3 N–H and O–H groups in total. The highest BCUT2D eigenvalue weighted by Gasteiger charge is 2.22. The first kappa shape index (κ1) is 36.7. The van der Waals surface area contributed by atoms with Crippen LogP contribution < -0.4 is 30.2 Å². The minimum absolute atomic E-state index is 0.0180. The smallest absolute Gasteiger partial charge is 0.272 e. The van der Waals surface area contributed by atoms with Crippen LogP contribution in [-0.4, -0.2) is 49.3 Å². The summed E-state index contributed by atoms with van der Waals surface area (Å²) in [6.45, 7) is 3.93. The Morgan fingerprint density at radius 2 is 1.51 bits per heavy atom. The number of thioether (sulfide) groups is 1. The Labute approximate surface area is 305 Å². The molecule has 5 aromatic rings. The number of hydrogen-bond acceptors (Lipinski definition) is 9. The Balaban J connectivity index is 1.34. The Morgan fingerprint density at radius 3 is 2.14 bits per heavy atom. The van der Waals surface area contributed by atoms with Crippen LogP contribution in [0.25, 0.3) is 17.3 Å². The van der Waals surface area contributed by atoms with Crippen molar-refractivity contribution in [1.29, 1.82) is 0 Å². The Hall–Kier alpha value is -5.59. The number of amides is 3. The summed E-state index contributed by atoms with van der Waals surface area (Å²) < 4.78 is 16.4. The number of carbonyl (C=O) groups is 3. The van der Waals surface area contributed by atoms with Crippen molar-refractivity contribution in [2.45, 2.75) is 30.4 Å². The molecule has 0 saturated heterocycles. The molecule has 3 amide bonds.